The van der Waals surface area contributed by atoms with Crippen LogP contribution in [0.25, 0.3) is 0 Å². The third kappa shape index (κ3) is 3.73. The van der Waals surface area contributed by atoms with Crippen LogP contribution in [0, 0.1) is 40.4 Å². The molecular formula is C32H46O5. The second-order valence-corrected chi connectivity index (χ2v) is 13.9. The summed E-state index contributed by atoms with van der Waals surface area (Å²) in [6.45, 7) is 11.1. The molecular weight excluding hydrogens is 464 g/mol. The Kier molecular flexibility index (Phi) is 6.40. The van der Waals surface area contributed by atoms with Gasteiger partial charge in [0.15, 0.2) is 23.5 Å². The van der Waals surface area contributed by atoms with E-state index in [2.05, 4.69) is 26.8 Å². The monoisotopic (exact) mass is 510 g/mol. The molecule has 2 unspecified atom stereocenters. The van der Waals surface area contributed by atoms with E-state index >= 15 is 0 Å². The van der Waals surface area contributed by atoms with E-state index in [4.69, 9.17) is 14.2 Å². The van der Waals surface area contributed by atoms with Gasteiger partial charge >= 0.3 is 0 Å². The Morgan fingerprint density at radius 2 is 1.92 bits per heavy atom. The predicted octanol–water partition coefficient (Wildman–Crippen LogP) is 6.20. The highest BCUT2D eigenvalue weighted by molar-refractivity contribution is 6.01. The van der Waals surface area contributed by atoms with Gasteiger partial charge in [-0.15, -0.1) is 0 Å². The molecule has 204 valence electrons. The summed E-state index contributed by atoms with van der Waals surface area (Å²) in [7, 11) is 0. The van der Waals surface area contributed by atoms with E-state index in [-0.39, 0.29) is 47.5 Å². The third-order valence-corrected chi connectivity index (χ3v) is 11.6. The first kappa shape index (κ1) is 26.0. The van der Waals surface area contributed by atoms with Crippen LogP contribution in [-0.2, 0) is 23.8 Å². The maximum Gasteiger partial charge on any atom is 0.193 e. The number of carbonyl (C=O) groups excluding carboxylic acids is 2. The Morgan fingerprint density at radius 1 is 1.16 bits per heavy atom. The molecule has 5 aliphatic carbocycles. The molecule has 0 spiro atoms. The normalized spacial score (nSPS) is 47.3. The van der Waals surface area contributed by atoms with Gasteiger partial charge < -0.3 is 14.2 Å². The van der Waals surface area contributed by atoms with Crippen LogP contribution < -0.4 is 0 Å². The zero-order chi connectivity index (χ0) is 26.2. The molecule has 0 aromatic carbocycles. The fourth-order valence-corrected chi connectivity index (χ4v) is 10.1. The number of hydrogen-bond acceptors (Lipinski definition) is 5. The standard InChI is InChI=1S/C32H46O5/c1-19(2)35-18-26(34)32-27(36-29(37-32)21-9-7-6-8-10-21)16-25-24-12-11-22-15-23(33)13-14-30(22,4)28(24)20(3)17-31(25,32)5/h13-15,19-21,24-25,27-29H,6-12,16-18H2,1-5H3/t20-,24-,25-,27+,28?,29?,30-,31-,32+/m0/s1. The van der Waals surface area contributed by atoms with Crippen LogP contribution in [0.2, 0.25) is 0 Å². The van der Waals surface area contributed by atoms with Crippen LogP contribution in [0.1, 0.15) is 92.4 Å². The molecule has 6 rings (SSSR count). The molecule has 0 aromatic heterocycles. The highest BCUT2D eigenvalue weighted by Crippen LogP contribution is 2.71. The highest BCUT2D eigenvalue weighted by Gasteiger charge is 2.75. The van der Waals surface area contributed by atoms with Crippen molar-refractivity contribution in [1.29, 1.82) is 0 Å². The van der Waals surface area contributed by atoms with E-state index in [0.29, 0.717) is 29.6 Å². The Hall–Kier alpha value is -1.30. The summed E-state index contributed by atoms with van der Waals surface area (Å²) in [6.07, 6.45) is 15.3. The average Bonchev–Trinajstić information content (AvgIpc) is 3.36. The molecule has 0 amide bonds. The van der Waals surface area contributed by atoms with Crippen molar-refractivity contribution in [3.05, 3.63) is 23.8 Å². The first-order valence-electron chi connectivity index (χ1n) is 15.0. The first-order valence-corrected chi connectivity index (χ1v) is 15.0. The van der Waals surface area contributed by atoms with Crippen molar-refractivity contribution in [3.63, 3.8) is 0 Å². The molecule has 0 radical (unpaired) electrons. The van der Waals surface area contributed by atoms with Gasteiger partial charge in [0.05, 0.1) is 12.2 Å². The molecule has 0 N–H and O–H groups in total. The smallest absolute Gasteiger partial charge is 0.193 e. The average molecular weight is 511 g/mol. The van der Waals surface area contributed by atoms with Gasteiger partial charge in [-0.3, -0.25) is 9.59 Å². The van der Waals surface area contributed by atoms with Gasteiger partial charge in [-0.1, -0.05) is 51.7 Å². The van der Waals surface area contributed by atoms with E-state index in [1.54, 1.807) is 6.08 Å². The molecule has 5 nitrogen and oxygen atoms in total. The summed E-state index contributed by atoms with van der Waals surface area (Å²) in [5.41, 5.74) is 0.00383. The summed E-state index contributed by atoms with van der Waals surface area (Å²) < 4.78 is 19.8. The van der Waals surface area contributed by atoms with Crippen LogP contribution in [-0.4, -0.2) is 42.3 Å². The van der Waals surface area contributed by atoms with Crippen molar-refractivity contribution in [1.82, 2.24) is 0 Å². The van der Waals surface area contributed by atoms with Crippen LogP contribution in [0.5, 0.6) is 0 Å². The Balaban J connectivity index is 1.36. The highest BCUT2D eigenvalue weighted by atomic mass is 16.7. The van der Waals surface area contributed by atoms with Gasteiger partial charge in [-0.25, -0.2) is 0 Å². The topological polar surface area (TPSA) is 61.8 Å². The van der Waals surface area contributed by atoms with Crippen molar-refractivity contribution in [2.24, 2.45) is 40.4 Å². The second kappa shape index (κ2) is 9.13. The fraction of sp³-hybridized carbons (Fsp3) is 0.812. The van der Waals surface area contributed by atoms with Gasteiger partial charge in [0.2, 0.25) is 0 Å². The van der Waals surface area contributed by atoms with Crippen molar-refractivity contribution < 1.29 is 23.8 Å². The lowest BCUT2D eigenvalue weighted by molar-refractivity contribution is -0.203. The number of Topliss-reactive ketones (excluding diaryl/α,β-unsaturated/α-hetero) is 1. The summed E-state index contributed by atoms with van der Waals surface area (Å²) >= 11 is 0. The number of ether oxygens (including phenoxy) is 3. The minimum Gasteiger partial charge on any atom is -0.371 e. The SMILES string of the molecule is CC(C)OCC(=O)[C@@]12OC(C3CCCCC3)O[C@@H]1C[C@H]1[C@@H]3CCC4=CC(=O)C=C[C@]4(C)C3[C@@H](C)C[C@@]12C. The van der Waals surface area contributed by atoms with E-state index in [0.717, 1.165) is 38.5 Å². The van der Waals surface area contributed by atoms with Crippen molar-refractivity contribution in [3.8, 4) is 0 Å². The predicted molar refractivity (Wildman–Crippen MR) is 142 cm³/mol. The molecule has 9 atom stereocenters. The number of ketones is 2. The van der Waals surface area contributed by atoms with E-state index < -0.39 is 5.60 Å². The maximum absolute atomic E-state index is 14.2. The van der Waals surface area contributed by atoms with Gasteiger partial charge in [0, 0.05) is 16.7 Å². The quantitative estimate of drug-likeness (QED) is 0.440. The molecule has 37 heavy (non-hydrogen) atoms. The van der Waals surface area contributed by atoms with Crippen molar-refractivity contribution in [2.45, 2.75) is 117 Å². The number of hydrogen-bond donors (Lipinski definition) is 0. The lowest BCUT2D eigenvalue weighted by atomic mass is 9.44. The van der Waals surface area contributed by atoms with E-state index in [9.17, 15) is 9.59 Å². The number of carbonyl (C=O) groups is 2. The Labute approximate surface area is 222 Å². The van der Waals surface area contributed by atoms with E-state index in [1.807, 2.05) is 19.9 Å². The summed E-state index contributed by atoms with van der Waals surface area (Å²) in [6, 6.07) is 0. The minimum atomic E-state index is -0.927. The number of fused-ring (bicyclic) bond motifs is 7. The molecule has 0 aromatic rings. The number of allylic oxidation sites excluding steroid dienone is 4. The van der Waals surface area contributed by atoms with Gasteiger partial charge in [-0.05, 0) is 88.2 Å². The number of rotatable bonds is 5. The summed E-state index contributed by atoms with van der Waals surface area (Å²) in [5.74, 6) is 2.31. The Morgan fingerprint density at radius 3 is 2.65 bits per heavy atom. The fourth-order valence-electron chi connectivity index (χ4n) is 10.1. The lowest BCUT2D eigenvalue weighted by Gasteiger charge is -2.60. The maximum atomic E-state index is 14.2. The Bertz CT molecular complexity index is 1010. The molecule has 1 saturated heterocycles. The van der Waals surface area contributed by atoms with E-state index in [1.165, 1.54) is 24.8 Å². The summed E-state index contributed by atoms with van der Waals surface area (Å²) in [4.78, 5) is 26.5. The van der Waals surface area contributed by atoms with Crippen LogP contribution in [0.3, 0.4) is 0 Å². The van der Waals surface area contributed by atoms with Gasteiger partial charge in [0.1, 0.15) is 6.61 Å². The lowest BCUT2D eigenvalue weighted by Crippen LogP contribution is -2.62. The molecule has 5 heteroatoms. The molecule has 4 saturated carbocycles. The van der Waals surface area contributed by atoms with Crippen molar-refractivity contribution >= 4 is 11.6 Å². The largest absolute Gasteiger partial charge is 0.371 e. The van der Waals surface area contributed by atoms with Gasteiger partial charge in [0.25, 0.3) is 0 Å². The molecule has 5 fully saturated rings. The summed E-state index contributed by atoms with van der Waals surface area (Å²) in [5, 5.41) is 0. The zero-order valence-corrected chi connectivity index (χ0v) is 23.5. The zero-order valence-electron chi connectivity index (χ0n) is 23.5. The molecule has 6 aliphatic rings. The van der Waals surface area contributed by atoms with Crippen molar-refractivity contribution in [2.75, 3.05) is 6.61 Å². The molecule has 1 heterocycles. The van der Waals surface area contributed by atoms with Gasteiger partial charge in [-0.2, -0.15) is 0 Å². The first-order chi connectivity index (χ1) is 17.6. The molecule has 1 aliphatic heterocycles. The van der Waals surface area contributed by atoms with Crippen LogP contribution in [0.15, 0.2) is 23.8 Å². The van der Waals surface area contributed by atoms with Crippen LogP contribution >= 0.6 is 0 Å². The third-order valence-electron chi connectivity index (χ3n) is 11.6. The second-order valence-electron chi connectivity index (χ2n) is 13.9. The van der Waals surface area contributed by atoms with Crippen LogP contribution in [0.4, 0.5) is 0 Å². The minimum absolute atomic E-state index is 0.000713. The molecule has 0 bridgehead atoms.